The molecule has 1 N–H and O–H groups in total. The summed E-state index contributed by atoms with van der Waals surface area (Å²) in [6.45, 7) is 7.38. The highest BCUT2D eigenvalue weighted by Crippen LogP contribution is 2.20. The number of nitrogens with zero attached hydrogens (tertiary/aromatic N) is 1. The second-order valence-electron chi connectivity index (χ2n) is 5.88. The summed E-state index contributed by atoms with van der Waals surface area (Å²) in [6, 6.07) is 11.9. The first-order valence-corrected chi connectivity index (χ1v) is 9.12. The van der Waals surface area contributed by atoms with Gasteiger partial charge in [-0.25, -0.2) is 0 Å². The zero-order valence-electron chi connectivity index (χ0n) is 14.4. The maximum Gasteiger partial charge on any atom is 0.224 e. The number of rotatable bonds is 8. The quantitative estimate of drug-likeness (QED) is 0.713. The molecule has 5 heteroatoms. The van der Waals surface area contributed by atoms with Crippen molar-refractivity contribution < 1.29 is 9.59 Å². The second-order valence-corrected chi connectivity index (χ2v) is 6.82. The summed E-state index contributed by atoms with van der Waals surface area (Å²) < 4.78 is 0. The number of hydrogen-bond donors (Lipinski definition) is 1. The first-order chi connectivity index (χ1) is 11.5. The van der Waals surface area contributed by atoms with Crippen molar-refractivity contribution in [3.05, 3.63) is 46.7 Å². The number of carbonyl (C=O) groups excluding carboxylic acids is 2. The topological polar surface area (TPSA) is 49.4 Å². The van der Waals surface area contributed by atoms with Crippen LogP contribution in [-0.4, -0.2) is 24.3 Å². The van der Waals surface area contributed by atoms with Gasteiger partial charge in [0.1, 0.15) is 0 Å². The Labute approximate surface area is 147 Å². The van der Waals surface area contributed by atoms with Crippen molar-refractivity contribution in [2.75, 3.05) is 16.8 Å². The van der Waals surface area contributed by atoms with E-state index in [0.717, 1.165) is 17.9 Å². The van der Waals surface area contributed by atoms with Gasteiger partial charge in [0.25, 0.3) is 0 Å². The summed E-state index contributed by atoms with van der Waals surface area (Å²) in [4.78, 5) is 26.9. The van der Waals surface area contributed by atoms with Crippen LogP contribution in [0.25, 0.3) is 0 Å². The Bertz CT molecular complexity index is 663. The molecule has 0 bridgehead atoms. The average Bonchev–Trinajstić information content (AvgIpc) is 3.09. The first kappa shape index (κ1) is 18.2. The molecule has 1 aromatic carbocycles. The van der Waals surface area contributed by atoms with E-state index in [4.69, 9.17) is 0 Å². The van der Waals surface area contributed by atoms with E-state index in [0.29, 0.717) is 10.9 Å². The van der Waals surface area contributed by atoms with E-state index in [1.165, 1.54) is 11.3 Å². The lowest BCUT2D eigenvalue weighted by Gasteiger charge is -2.27. The second kappa shape index (κ2) is 8.64. The molecule has 1 amide bonds. The monoisotopic (exact) mass is 344 g/mol. The van der Waals surface area contributed by atoms with Gasteiger partial charge >= 0.3 is 0 Å². The molecule has 4 nitrogen and oxygen atoms in total. The fourth-order valence-corrected chi connectivity index (χ4v) is 3.29. The van der Waals surface area contributed by atoms with Crippen molar-refractivity contribution in [2.45, 2.75) is 39.7 Å². The fraction of sp³-hybridized carbons (Fsp3) is 0.368. The van der Waals surface area contributed by atoms with Crippen LogP contribution < -0.4 is 10.2 Å². The number of nitrogens with one attached hydrogen (secondary N) is 1. The molecule has 0 radical (unpaired) electrons. The number of thiophene rings is 1. The number of ketones is 1. The van der Waals surface area contributed by atoms with Crippen molar-refractivity contribution in [3.63, 3.8) is 0 Å². The van der Waals surface area contributed by atoms with Gasteiger partial charge in [0.05, 0.1) is 4.88 Å². The Morgan fingerprint density at radius 3 is 2.38 bits per heavy atom. The van der Waals surface area contributed by atoms with Crippen molar-refractivity contribution in [1.82, 2.24) is 0 Å². The molecule has 0 aliphatic carbocycles. The van der Waals surface area contributed by atoms with Crippen molar-refractivity contribution in [3.8, 4) is 0 Å². The minimum Gasteiger partial charge on any atom is -0.369 e. The van der Waals surface area contributed by atoms with Crippen LogP contribution in [-0.2, 0) is 4.79 Å². The molecule has 0 saturated carbocycles. The first-order valence-electron chi connectivity index (χ1n) is 8.24. The zero-order chi connectivity index (χ0) is 17.5. The molecule has 0 aliphatic rings. The smallest absolute Gasteiger partial charge is 0.224 e. The van der Waals surface area contributed by atoms with Crippen LogP contribution >= 0.6 is 11.3 Å². The van der Waals surface area contributed by atoms with E-state index >= 15 is 0 Å². The average molecular weight is 344 g/mol. The molecule has 2 rings (SSSR count). The molecule has 0 aliphatic heterocycles. The van der Waals surface area contributed by atoms with Crippen LogP contribution in [0.15, 0.2) is 41.8 Å². The van der Waals surface area contributed by atoms with Crippen LogP contribution in [0, 0.1) is 0 Å². The molecular formula is C19H24N2O2S. The molecular weight excluding hydrogens is 320 g/mol. The third kappa shape index (κ3) is 4.93. The van der Waals surface area contributed by atoms with Crippen LogP contribution in [0.4, 0.5) is 11.4 Å². The SMILES string of the molecule is CCN(c1ccc(NC(=O)CCC(=O)c2cccs2)cc1)C(C)C. The summed E-state index contributed by atoms with van der Waals surface area (Å²) in [5, 5.41) is 4.72. The highest BCUT2D eigenvalue weighted by Gasteiger charge is 2.11. The van der Waals surface area contributed by atoms with Crippen LogP contribution in [0.1, 0.15) is 43.3 Å². The minimum atomic E-state index is -0.135. The summed E-state index contributed by atoms with van der Waals surface area (Å²) in [6.07, 6.45) is 0.437. The molecule has 0 spiro atoms. The summed E-state index contributed by atoms with van der Waals surface area (Å²) in [5.74, 6) is -0.116. The Morgan fingerprint density at radius 2 is 1.83 bits per heavy atom. The zero-order valence-corrected chi connectivity index (χ0v) is 15.2. The molecule has 2 aromatic rings. The van der Waals surface area contributed by atoms with Crippen molar-refractivity contribution >= 4 is 34.4 Å². The highest BCUT2D eigenvalue weighted by molar-refractivity contribution is 7.12. The summed E-state index contributed by atoms with van der Waals surface area (Å²) in [7, 11) is 0. The van der Waals surface area contributed by atoms with Gasteiger partial charge in [-0.15, -0.1) is 11.3 Å². The largest absolute Gasteiger partial charge is 0.369 e. The lowest BCUT2D eigenvalue weighted by atomic mass is 10.2. The van der Waals surface area contributed by atoms with Gasteiger partial charge in [0.2, 0.25) is 5.91 Å². The molecule has 1 heterocycles. The van der Waals surface area contributed by atoms with Gasteiger partial charge in [-0.1, -0.05) is 6.07 Å². The molecule has 0 saturated heterocycles. The van der Waals surface area contributed by atoms with Gasteiger partial charge < -0.3 is 10.2 Å². The maximum atomic E-state index is 12.0. The Morgan fingerprint density at radius 1 is 1.12 bits per heavy atom. The molecule has 0 fully saturated rings. The fourth-order valence-electron chi connectivity index (χ4n) is 2.59. The maximum absolute atomic E-state index is 12.0. The van der Waals surface area contributed by atoms with Gasteiger partial charge in [-0.2, -0.15) is 0 Å². The minimum absolute atomic E-state index is 0.0195. The van der Waals surface area contributed by atoms with Gasteiger partial charge in [-0.3, -0.25) is 9.59 Å². The number of hydrogen-bond acceptors (Lipinski definition) is 4. The summed E-state index contributed by atoms with van der Waals surface area (Å²) in [5.41, 5.74) is 1.89. The van der Waals surface area contributed by atoms with E-state index < -0.39 is 0 Å². The molecule has 0 unspecified atom stereocenters. The van der Waals surface area contributed by atoms with Crippen LogP contribution in [0.2, 0.25) is 0 Å². The molecule has 128 valence electrons. The van der Waals surface area contributed by atoms with Gasteiger partial charge in [-0.05, 0) is 56.5 Å². The third-order valence-electron chi connectivity index (χ3n) is 3.82. The normalized spacial score (nSPS) is 10.7. The van der Waals surface area contributed by atoms with Crippen LogP contribution in [0.3, 0.4) is 0 Å². The van der Waals surface area contributed by atoms with Crippen LogP contribution in [0.5, 0.6) is 0 Å². The van der Waals surface area contributed by atoms with Gasteiger partial charge in [0, 0.05) is 36.8 Å². The lowest BCUT2D eigenvalue weighted by Crippen LogP contribution is -2.30. The Hall–Kier alpha value is -2.14. The lowest BCUT2D eigenvalue weighted by molar-refractivity contribution is -0.116. The number of anilines is 2. The van der Waals surface area contributed by atoms with Crippen molar-refractivity contribution in [2.24, 2.45) is 0 Å². The number of benzene rings is 1. The van der Waals surface area contributed by atoms with E-state index in [2.05, 4.69) is 31.0 Å². The predicted molar refractivity (Wildman–Crippen MR) is 101 cm³/mol. The van der Waals surface area contributed by atoms with Gasteiger partial charge in [0.15, 0.2) is 5.78 Å². The Balaban J connectivity index is 1.86. The summed E-state index contributed by atoms with van der Waals surface area (Å²) >= 11 is 1.41. The molecule has 1 aromatic heterocycles. The van der Waals surface area contributed by atoms with Crippen molar-refractivity contribution in [1.29, 1.82) is 0 Å². The third-order valence-corrected chi connectivity index (χ3v) is 4.73. The number of carbonyl (C=O) groups is 2. The number of amides is 1. The molecule has 0 atom stereocenters. The predicted octanol–water partition coefficient (Wildman–Crippen LogP) is 4.58. The molecule has 24 heavy (non-hydrogen) atoms. The van der Waals surface area contributed by atoms with E-state index in [1.54, 1.807) is 6.07 Å². The van der Waals surface area contributed by atoms with E-state index in [-0.39, 0.29) is 24.5 Å². The highest BCUT2D eigenvalue weighted by atomic mass is 32.1. The van der Waals surface area contributed by atoms with E-state index in [1.807, 2.05) is 35.7 Å². The van der Waals surface area contributed by atoms with E-state index in [9.17, 15) is 9.59 Å². The Kier molecular flexibility index (Phi) is 6.55. The standard InChI is InChI=1S/C19H24N2O2S/c1-4-21(14(2)3)16-9-7-15(8-10-16)20-19(23)12-11-17(22)18-6-5-13-24-18/h5-10,13-14H,4,11-12H2,1-3H3,(H,20,23). The number of Topliss-reactive ketones (excluding diaryl/α,β-unsaturated/α-hetero) is 1.